The second-order valence-electron chi connectivity index (χ2n) is 11.8. The van der Waals surface area contributed by atoms with Crippen molar-refractivity contribution in [2.75, 3.05) is 0 Å². The Morgan fingerprint density at radius 3 is 2.50 bits per heavy atom. The third-order valence-corrected chi connectivity index (χ3v) is 10.7. The Balaban J connectivity index is 1.62. The fourth-order valence-electron chi connectivity index (χ4n) is 9.12. The van der Waals surface area contributed by atoms with Gasteiger partial charge in [-0.05, 0) is 91.8 Å². The van der Waals surface area contributed by atoms with Crippen LogP contribution in [0.4, 0.5) is 0 Å². The summed E-state index contributed by atoms with van der Waals surface area (Å²) in [6.07, 6.45) is 10.9. The molecule has 4 saturated carbocycles. The monoisotopic (exact) mass is 411 g/mol. The summed E-state index contributed by atoms with van der Waals surface area (Å²) in [5, 5.41) is 8.92. The van der Waals surface area contributed by atoms with E-state index in [1.807, 2.05) is 0 Å². The number of hydrogen-bond acceptors (Lipinski definition) is 3. The van der Waals surface area contributed by atoms with Gasteiger partial charge in [0.2, 0.25) is 0 Å². The molecule has 0 aromatic rings. The van der Waals surface area contributed by atoms with E-state index in [2.05, 4.69) is 33.8 Å². The van der Waals surface area contributed by atoms with Crippen LogP contribution in [0.3, 0.4) is 0 Å². The van der Waals surface area contributed by atoms with Gasteiger partial charge in [0, 0.05) is 31.1 Å². The van der Waals surface area contributed by atoms with Crippen molar-refractivity contribution in [3.8, 4) is 6.07 Å². The zero-order chi connectivity index (χ0) is 21.7. The lowest BCUT2D eigenvalue weighted by Gasteiger charge is -2.61. The minimum absolute atomic E-state index is 0.0925. The highest BCUT2D eigenvalue weighted by Gasteiger charge is 2.65. The SMILES string of the molecule is CC[C@@H]1C(=O)[C@@H]2[C@H](CC[C@]3(C)[C@@H](C(C)CCCC#N)CC[C@@H]23)[C@@]2(C)CCC(=O)C[C@@H]12. The number of hydrogen-bond donors (Lipinski definition) is 0. The molecular formula is C27H41NO2. The molecule has 0 radical (unpaired) electrons. The van der Waals surface area contributed by atoms with Crippen LogP contribution in [0.25, 0.3) is 0 Å². The fourth-order valence-corrected chi connectivity index (χ4v) is 9.12. The molecule has 0 N–H and O–H groups in total. The fraction of sp³-hybridized carbons (Fsp3) is 0.889. The normalized spacial score (nSPS) is 46.5. The number of carbonyl (C=O) groups excluding carboxylic acids is 2. The molecule has 0 amide bonds. The standard InChI is InChI=1S/C27H41NO2/c1-5-19-23-16-18(29)11-13-27(23,4)22-12-14-26(3)20(17(2)8-6-7-15-28)9-10-21(26)24(22)25(19)30/h17,19-24H,5-14,16H2,1-4H3/t17?,19-,20+,21-,22-,23-,24-,26+,27+/m0/s1. The van der Waals surface area contributed by atoms with Gasteiger partial charge in [0.05, 0.1) is 6.07 Å². The summed E-state index contributed by atoms with van der Waals surface area (Å²) in [6, 6.07) is 2.30. The second kappa shape index (κ2) is 8.07. The molecule has 0 aromatic carbocycles. The molecule has 4 rings (SSSR count). The van der Waals surface area contributed by atoms with E-state index in [1.54, 1.807) is 0 Å². The average Bonchev–Trinajstić information content (AvgIpc) is 3.07. The predicted molar refractivity (Wildman–Crippen MR) is 118 cm³/mol. The van der Waals surface area contributed by atoms with Crippen molar-refractivity contribution in [3.63, 3.8) is 0 Å². The molecule has 0 aromatic heterocycles. The number of rotatable bonds is 5. The molecule has 166 valence electrons. The highest BCUT2D eigenvalue weighted by atomic mass is 16.1. The van der Waals surface area contributed by atoms with E-state index < -0.39 is 0 Å². The third-order valence-electron chi connectivity index (χ3n) is 10.7. The van der Waals surface area contributed by atoms with Crippen LogP contribution in [0.1, 0.15) is 98.3 Å². The molecule has 9 atom stereocenters. The molecule has 3 heteroatoms. The quantitative estimate of drug-likeness (QED) is 0.495. The Kier molecular flexibility index (Phi) is 5.93. The molecule has 0 aliphatic heterocycles. The van der Waals surface area contributed by atoms with Gasteiger partial charge in [-0.1, -0.05) is 27.7 Å². The number of unbranched alkanes of at least 4 members (excludes halogenated alkanes) is 1. The first kappa shape index (κ1) is 22.0. The molecule has 1 unspecified atom stereocenters. The number of nitrogens with zero attached hydrogens (tertiary/aromatic N) is 1. The van der Waals surface area contributed by atoms with Crippen molar-refractivity contribution in [1.29, 1.82) is 5.26 Å². The highest BCUT2D eigenvalue weighted by Crippen LogP contribution is 2.68. The van der Waals surface area contributed by atoms with Gasteiger partial charge in [-0.25, -0.2) is 0 Å². The Hall–Kier alpha value is -1.17. The molecule has 0 spiro atoms. The number of Topliss-reactive ketones (excluding diaryl/α,β-unsaturated/α-hetero) is 2. The van der Waals surface area contributed by atoms with Crippen LogP contribution < -0.4 is 0 Å². The van der Waals surface area contributed by atoms with Gasteiger partial charge in [0.25, 0.3) is 0 Å². The van der Waals surface area contributed by atoms with Crippen molar-refractivity contribution >= 4 is 11.6 Å². The van der Waals surface area contributed by atoms with E-state index >= 15 is 0 Å². The largest absolute Gasteiger partial charge is 0.300 e. The van der Waals surface area contributed by atoms with Gasteiger partial charge in [-0.3, -0.25) is 9.59 Å². The lowest BCUT2D eigenvalue weighted by Crippen LogP contribution is -2.60. The molecular weight excluding hydrogens is 370 g/mol. The van der Waals surface area contributed by atoms with Crippen molar-refractivity contribution in [1.82, 2.24) is 0 Å². The first-order chi connectivity index (χ1) is 14.3. The summed E-state index contributed by atoms with van der Waals surface area (Å²) in [5.74, 6) is 3.84. The summed E-state index contributed by atoms with van der Waals surface area (Å²) in [6.45, 7) is 9.50. The van der Waals surface area contributed by atoms with Gasteiger partial charge in [-0.2, -0.15) is 5.26 Å². The van der Waals surface area contributed by atoms with Crippen LogP contribution in [0.5, 0.6) is 0 Å². The van der Waals surface area contributed by atoms with E-state index in [4.69, 9.17) is 5.26 Å². The minimum Gasteiger partial charge on any atom is -0.300 e. The van der Waals surface area contributed by atoms with Crippen LogP contribution in [-0.2, 0) is 9.59 Å². The molecule has 0 bridgehead atoms. The summed E-state index contributed by atoms with van der Waals surface area (Å²) < 4.78 is 0. The minimum atomic E-state index is 0.0925. The van der Waals surface area contributed by atoms with Gasteiger partial charge in [-0.15, -0.1) is 0 Å². The van der Waals surface area contributed by atoms with Gasteiger partial charge in [0.15, 0.2) is 0 Å². The maximum absolute atomic E-state index is 13.9. The maximum Gasteiger partial charge on any atom is 0.139 e. The van der Waals surface area contributed by atoms with E-state index in [1.165, 1.54) is 25.7 Å². The molecule has 0 saturated heterocycles. The number of nitriles is 1. The van der Waals surface area contributed by atoms with Crippen LogP contribution in [0.15, 0.2) is 0 Å². The van der Waals surface area contributed by atoms with Gasteiger partial charge in [0.1, 0.15) is 11.6 Å². The first-order valence-electron chi connectivity index (χ1n) is 12.7. The van der Waals surface area contributed by atoms with Crippen molar-refractivity contribution in [2.24, 2.45) is 52.3 Å². The van der Waals surface area contributed by atoms with Gasteiger partial charge >= 0.3 is 0 Å². The predicted octanol–water partition coefficient (Wildman–Crippen LogP) is 6.36. The summed E-state index contributed by atoms with van der Waals surface area (Å²) >= 11 is 0. The van der Waals surface area contributed by atoms with Crippen molar-refractivity contribution in [3.05, 3.63) is 0 Å². The molecule has 3 nitrogen and oxygen atoms in total. The smallest absolute Gasteiger partial charge is 0.139 e. The van der Waals surface area contributed by atoms with Crippen molar-refractivity contribution < 1.29 is 9.59 Å². The Morgan fingerprint density at radius 2 is 1.80 bits per heavy atom. The lowest BCUT2D eigenvalue weighted by molar-refractivity contribution is -0.169. The van der Waals surface area contributed by atoms with Crippen LogP contribution in [0.2, 0.25) is 0 Å². The first-order valence-corrected chi connectivity index (χ1v) is 12.7. The van der Waals surface area contributed by atoms with Crippen LogP contribution in [-0.4, -0.2) is 11.6 Å². The third kappa shape index (κ3) is 3.20. The van der Waals surface area contributed by atoms with Crippen LogP contribution >= 0.6 is 0 Å². The maximum atomic E-state index is 13.9. The second-order valence-corrected chi connectivity index (χ2v) is 11.8. The summed E-state index contributed by atoms with van der Waals surface area (Å²) in [7, 11) is 0. The molecule has 4 aliphatic carbocycles. The molecule has 4 fully saturated rings. The van der Waals surface area contributed by atoms with E-state index in [0.29, 0.717) is 48.1 Å². The Morgan fingerprint density at radius 1 is 1.07 bits per heavy atom. The number of carbonyl (C=O) groups is 2. The van der Waals surface area contributed by atoms with Gasteiger partial charge < -0.3 is 0 Å². The van der Waals surface area contributed by atoms with E-state index in [9.17, 15) is 9.59 Å². The molecule has 0 heterocycles. The lowest BCUT2D eigenvalue weighted by atomic mass is 9.42. The topological polar surface area (TPSA) is 57.9 Å². The summed E-state index contributed by atoms with van der Waals surface area (Å²) in [4.78, 5) is 26.2. The van der Waals surface area contributed by atoms with Crippen LogP contribution in [0, 0.1) is 63.6 Å². The Bertz CT molecular complexity index is 738. The van der Waals surface area contributed by atoms with E-state index in [0.717, 1.165) is 32.1 Å². The number of ketones is 2. The van der Waals surface area contributed by atoms with E-state index in [-0.39, 0.29) is 28.6 Å². The zero-order valence-electron chi connectivity index (χ0n) is 19.6. The van der Waals surface area contributed by atoms with Crippen molar-refractivity contribution in [2.45, 2.75) is 98.3 Å². The molecule has 4 aliphatic rings. The number of fused-ring (bicyclic) bond motifs is 5. The average molecular weight is 412 g/mol. The molecule has 30 heavy (non-hydrogen) atoms. The highest BCUT2D eigenvalue weighted by molar-refractivity contribution is 5.88. The Labute approximate surface area is 183 Å². The zero-order valence-corrected chi connectivity index (χ0v) is 19.6. The summed E-state index contributed by atoms with van der Waals surface area (Å²) in [5.41, 5.74) is 0.444.